The smallest absolute Gasteiger partial charge is 0.273 e. The third-order valence-electron chi connectivity index (χ3n) is 3.02. The van der Waals surface area contributed by atoms with Crippen LogP contribution in [-0.2, 0) is 13.0 Å². The molecule has 0 saturated carbocycles. The number of aryl methyl sites for hydroxylation is 1. The first-order valence-corrected chi connectivity index (χ1v) is 7.43. The number of hydrogen-bond donors (Lipinski definition) is 1. The van der Waals surface area contributed by atoms with Gasteiger partial charge in [-0.1, -0.05) is 29.8 Å². The van der Waals surface area contributed by atoms with Gasteiger partial charge < -0.3 is 10.6 Å². The molecule has 0 spiro atoms. The number of rotatable bonds is 5. The van der Waals surface area contributed by atoms with Crippen molar-refractivity contribution >= 4 is 29.7 Å². The maximum Gasteiger partial charge on any atom is 0.273 e. The molecule has 2 aromatic rings. The van der Waals surface area contributed by atoms with Crippen LogP contribution in [0.4, 0.5) is 0 Å². The van der Waals surface area contributed by atoms with Crippen molar-refractivity contribution in [1.29, 1.82) is 0 Å². The minimum absolute atomic E-state index is 0. The van der Waals surface area contributed by atoms with Crippen molar-refractivity contribution in [3.8, 4) is 0 Å². The van der Waals surface area contributed by atoms with Crippen molar-refractivity contribution < 1.29 is 4.79 Å². The van der Waals surface area contributed by atoms with Gasteiger partial charge in [-0.25, -0.2) is 4.98 Å². The first-order valence-electron chi connectivity index (χ1n) is 6.55. The number of nitrogens with two attached hydrogens (primary N) is 1. The van der Waals surface area contributed by atoms with Crippen molar-refractivity contribution in [3.05, 3.63) is 51.5 Å². The van der Waals surface area contributed by atoms with Gasteiger partial charge in [-0.3, -0.25) is 4.79 Å². The van der Waals surface area contributed by atoms with E-state index in [9.17, 15) is 4.79 Å². The second kappa shape index (κ2) is 8.12. The third kappa shape index (κ3) is 4.81. The molecular weight excluding hydrogens is 306 g/mol. The zero-order valence-electron chi connectivity index (χ0n) is 12.2. The lowest BCUT2D eigenvalue weighted by atomic mass is 10.1. The molecule has 0 atom stereocenters. The van der Waals surface area contributed by atoms with E-state index in [1.165, 1.54) is 16.9 Å². The predicted octanol–water partition coefficient (Wildman–Crippen LogP) is 2.65. The van der Waals surface area contributed by atoms with E-state index in [-0.39, 0.29) is 18.3 Å². The molecule has 0 radical (unpaired) electrons. The maximum absolute atomic E-state index is 12.3. The topological polar surface area (TPSA) is 59.2 Å². The standard InChI is InChI=1S/C15H19N3OS.ClH/c1-11-3-5-12(6-4-11)9-18(2)15(19)13-10-20-14(17-13)7-8-16;/h3-6,10H,7-9,16H2,1-2H3;1H. The quantitative estimate of drug-likeness (QED) is 0.919. The number of halogens is 1. The highest BCUT2D eigenvalue weighted by Crippen LogP contribution is 2.13. The lowest BCUT2D eigenvalue weighted by Gasteiger charge is -2.16. The van der Waals surface area contributed by atoms with Crippen LogP contribution in [0.1, 0.15) is 26.6 Å². The lowest BCUT2D eigenvalue weighted by Crippen LogP contribution is -2.26. The van der Waals surface area contributed by atoms with Gasteiger partial charge in [0.05, 0.1) is 5.01 Å². The summed E-state index contributed by atoms with van der Waals surface area (Å²) in [5.41, 5.74) is 8.33. The van der Waals surface area contributed by atoms with Crippen molar-refractivity contribution in [2.24, 2.45) is 5.73 Å². The zero-order valence-corrected chi connectivity index (χ0v) is 13.8. The largest absolute Gasteiger partial charge is 0.336 e. The summed E-state index contributed by atoms with van der Waals surface area (Å²) in [6.45, 7) is 3.19. The molecule has 2 N–H and O–H groups in total. The van der Waals surface area contributed by atoms with E-state index < -0.39 is 0 Å². The van der Waals surface area contributed by atoms with Crippen LogP contribution in [0.3, 0.4) is 0 Å². The van der Waals surface area contributed by atoms with E-state index >= 15 is 0 Å². The van der Waals surface area contributed by atoms with Gasteiger partial charge in [0.1, 0.15) is 5.69 Å². The van der Waals surface area contributed by atoms with Crippen LogP contribution in [0.15, 0.2) is 29.6 Å². The second-order valence-electron chi connectivity index (χ2n) is 4.81. The molecule has 0 aliphatic carbocycles. The summed E-state index contributed by atoms with van der Waals surface area (Å²) in [4.78, 5) is 18.3. The minimum atomic E-state index is -0.0508. The van der Waals surface area contributed by atoms with Gasteiger partial charge in [0.2, 0.25) is 0 Å². The number of aromatic nitrogens is 1. The number of hydrogen-bond acceptors (Lipinski definition) is 4. The van der Waals surface area contributed by atoms with Crippen LogP contribution in [0, 0.1) is 6.92 Å². The van der Waals surface area contributed by atoms with Gasteiger partial charge in [-0.15, -0.1) is 23.7 Å². The van der Waals surface area contributed by atoms with Crippen molar-refractivity contribution in [2.45, 2.75) is 19.9 Å². The van der Waals surface area contributed by atoms with Crippen LogP contribution in [0.25, 0.3) is 0 Å². The summed E-state index contributed by atoms with van der Waals surface area (Å²) < 4.78 is 0. The summed E-state index contributed by atoms with van der Waals surface area (Å²) >= 11 is 1.49. The molecule has 0 fully saturated rings. The lowest BCUT2D eigenvalue weighted by molar-refractivity contribution is 0.0780. The van der Waals surface area contributed by atoms with Crippen molar-refractivity contribution in [2.75, 3.05) is 13.6 Å². The molecule has 0 unspecified atom stereocenters. The van der Waals surface area contributed by atoms with Crippen molar-refractivity contribution in [1.82, 2.24) is 9.88 Å². The van der Waals surface area contributed by atoms with E-state index in [0.717, 1.165) is 17.0 Å². The summed E-state index contributed by atoms with van der Waals surface area (Å²) in [5.74, 6) is -0.0508. The fraction of sp³-hybridized carbons (Fsp3) is 0.333. The van der Waals surface area contributed by atoms with Gasteiger partial charge in [0, 0.05) is 25.4 Å². The Bertz CT molecular complexity index is 583. The van der Waals surface area contributed by atoms with Gasteiger partial charge in [0.15, 0.2) is 0 Å². The molecule has 1 aromatic carbocycles. The van der Waals surface area contributed by atoms with E-state index in [2.05, 4.69) is 17.1 Å². The Balaban J connectivity index is 0.00000220. The van der Waals surface area contributed by atoms with E-state index in [1.807, 2.05) is 19.1 Å². The first kappa shape index (κ1) is 17.6. The number of carbonyl (C=O) groups is 1. The summed E-state index contributed by atoms with van der Waals surface area (Å²) in [6, 6.07) is 8.19. The molecule has 2 rings (SSSR count). The van der Waals surface area contributed by atoms with Crippen LogP contribution in [0.5, 0.6) is 0 Å². The number of carbonyl (C=O) groups excluding carboxylic acids is 1. The number of thiazole rings is 1. The Hall–Kier alpha value is -1.43. The Morgan fingerprint density at radius 2 is 2.00 bits per heavy atom. The van der Waals surface area contributed by atoms with Gasteiger partial charge >= 0.3 is 0 Å². The van der Waals surface area contributed by atoms with Crippen LogP contribution >= 0.6 is 23.7 Å². The molecule has 1 heterocycles. The zero-order chi connectivity index (χ0) is 14.5. The van der Waals surface area contributed by atoms with Gasteiger partial charge in [-0.2, -0.15) is 0 Å². The molecule has 114 valence electrons. The molecular formula is C15H20ClN3OS. The number of amides is 1. The Morgan fingerprint density at radius 3 is 2.62 bits per heavy atom. The molecule has 0 aliphatic rings. The number of benzene rings is 1. The molecule has 0 saturated heterocycles. The van der Waals surface area contributed by atoms with Crippen LogP contribution in [-0.4, -0.2) is 29.4 Å². The Kier molecular flexibility index (Phi) is 6.81. The average molecular weight is 326 g/mol. The third-order valence-corrected chi connectivity index (χ3v) is 3.92. The fourth-order valence-corrected chi connectivity index (χ4v) is 2.67. The summed E-state index contributed by atoms with van der Waals surface area (Å²) in [6.07, 6.45) is 0.722. The normalized spacial score (nSPS) is 10.0. The van der Waals surface area contributed by atoms with Gasteiger partial charge in [-0.05, 0) is 19.0 Å². The van der Waals surface area contributed by atoms with E-state index in [4.69, 9.17) is 5.73 Å². The molecule has 1 amide bonds. The Morgan fingerprint density at radius 1 is 1.33 bits per heavy atom. The molecule has 1 aromatic heterocycles. The molecule has 4 nitrogen and oxygen atoms in total. The van der Waals surface area contributed by atoms with Crippen LogP contribution < -0.4 is 5.73 Å². The highest BCUT2D eigenvalue weighted by molar-refractivity contribution is 7.09. The average Bonchev–Trinajstić information content (AvgIpc) is 2.89. The molecule has 21 heavy (non-hydrogen) atoms. The summed E-state index contributed by atoms with van der Waals surface area (Å²) in [5, 5.41) is 2.72. The SMILES string of the molecule is Cc1ccc(CN(C)C(=O)c2csc(CCN)n2)cc1.Cl. The molecule has 6 heteroatoms. The monoisotopic (exact) mass is 325 g/mol. The Labute approximate surface area is 135 Å². The van der Waals surface area contributed by atoms with E-state index in [1.54, 1.807) is 17.3 Å². The highest BCUT2D eigenvalue weighted by Gasteiger charge is 2.15. The first-order chi connectivity index (χ1) is 9.60. The predicted molar refractivity (Wildman–Crippen MR) is 89.1 cm³/mol. The number of nitrogens with zero attached hydrogens (tertiary/aromatic N) is 2. The summed E-state index contributed by atoms with van der Waals surface area (Å²) in [7, 11) is 1.80. The van der Waals surface area contributed by atoms with E-state index in [0.29, 0.717) is 18.8 Å². The highest BCUT2D eigenvalue weighted by atomic mass is 35.5. The van der Waals surface area contributed by atoms with Crippen molar-refractivity contribution in [3.63, 3.8) is 0 Å². The fourth-order valence-electron chi connectivity index (χ4n) is 1.88. The molecule has 0 aliphatic heterocycles. The van der Waals surface area contributed by atoms with Gasteiger partial charge in [0.25, 0.3) is 5.91 Å². The molecule has 0 bridgehead atoms. The van der Waals surface area contributed by atoms with Crippen LogP contribution in [0.2, 0.25) is 0 Å². The second-order valence-corrected chi connectivity index (χ2v) is 5.75. The minimum Gasteiger partial charge on any atom is -0.336 e. The maximum atomic E-state index is 12.3.